The smallest absolute Gasteiger partial charge is 0.229 e. The second kappa shape index (κ2) is 7.37. The van der Waals surface area contributed by atoms with Crippen molar-refractivity contribution < 1.29 is 9.26 Å². The summed E-state index contributed by atoms with van der Waals surface area (Å²) in [7, 11) is 0. The average molecular weight is 289 g/mol. The third-order valence-corrected chi connectivity index (χ3v) is 5.41. The number of hydrogen-bond acceptors (Lipinski definition) is 7. The molecule has 1 fully saturated rings. The van der Waals surface area contributed by atoms with E-state index in [-0.39, 0.29) is 6.10 Å². The summed E-state index contributed by atoms with van der Waals surface area (Å²) >= 11 is 3.85. The normalized spacial score (nSPS) is 22.0. The zero-order valence-corrected chi connectivity index (χ0v) is 12.1. The highest BCUT2D eigenvalue weighted by atomic mass is 32.2. The van der Waals surface area contributed by atoms with Gasteiger partial charge in [0.25, 0.3) is 0 Å². The van der Waals surface area contributed by atoms with Crippen molar-refractivity contribution in [1.29, 1.82) is 0 Å². The molecule has 18 heavy (non-hydrogen) atoms. The number of rotatable bonds is 6. The monoisotopic (exact) mass is 289 g/mol. The van der Waals surface area contributed by atoms with Crippen molar-refractivity contribution in [3.05, 3.63) is 11.7 Å². The van der Waals surface area contributed by atoms with E-state index in [0.717, 1.165) is 17.3 Å². The zero-order chi connectivity index (χ0) is 12.8. The standard InChI is InChI=1S/C11H19N3O2S2/c1-2-15-8(6-12)5-10-13-11(14-16-10)9-7-17-3-4-18-9/h8-9H,2-7,12H2,1H3. The minimum atomic E-state index is -0.0308. The molecule has 2 heterocycles. The van der Waals surface area contributed by atoms with Gasteiger partial charge in [0.2, 0.25) is 5.89 Å². The third kappa shape index (κ3) is 3.88. The van der Waals surface area contributed by atoms with Gasteiger partial charge in [-0.3, -0.25) is 0 Å². The molecule has 1 saturated heterocycles. The third-order valence-electron chi connectivity index (χ3n) is 2.66. The molecule has 102 valence electrons. The van der Waals surface area contributed by atoms with E-state index >= 15 is 0 Å². The van der Waals surface area contributed by atoms with E-state index in [1.165, 1.54) is 5.75 Å². The van der Waals surface area contributed by atoms with Crippen LogP contribution >= 0.6 is 23.5 Å². The molecule has 1 aromatic heterocycles. The van der Waals surface area contributed by atoms with Gasteiger partial charge >= 0.3 is 0 Å². The van der Waals surface area contributed by atoms with Crippen molar-refractivity contribution in [2.24, 2.45) is 5.73 Å². The Balaban J connectivity index is 1.92. The van der Waals surface area contributed by atoms with Crippen LogP contribution in [0.5, 0.6) is 0 Å². The summed E-state index contributed by atoms with van der Waals surface area (Å²) in [5.74, 6) is 4.88. The Bertz CT molecular complexity index is 356. The maximum Gasteiger partial charge on any atom is 0.229 e. The van der Waals surface area contributed by atoms with Gasteiger partial charge in [-0.05, 0) is 6.92 Å². The van der Waals surface area contributed by atoms with Crippen molar-refractivity contribution in [2.45, 2.75) is 24.7 Å². The molecule has 0 bridgehead atoms. The predicted octanol–water partition coefficient (Wildman–Crippen LogP) is 1.50. The van der Waals surface area contributed by atoms with Gasteiger partial charge in [0.1, 0.15) is 0 Å². The van der Waals surface area contributed by atoms with Gasteiger partial charge in [0, 0.05) is 30.4 Å². The lowest BCUT2D eigenvalue weighted by atomic mass is 10.2. The Labute approximate surface area is 116 Å². The van der Waals surface area contributed by atoms with Crippen LogP contribution in [0.2, 0.25) is 0 Å². The average Bonchev–Trinajstić information content (AvgIpc) is 2.88. The van der Waals surface area contributed by atoms with Crippen molar-refractivity contribution in [2.75, 3.05) is 30.4 Å². The van der Waals surface area contributed by atoms with Crippen molar-refractivity contribution in [1.82, 2.24) is 10.1 Å². The quantitative estimate of drug-likeness (QED) is 0.850. The molecule has 7 heteroatoms. The molecule has 2 N–H and O–H groups in total. The summed E-state index contributed by atoms with van der Waals surface area (Å²) in [5.41, 5.74) is 5.63. The van der Waals surface area contributed by atoms with Gasteiger partial charge in [0.15, 0.2) is 5.82 Å². The summed E-state index contributed by atoms with van der Waals surface area (Å²) in [6, 6.07) is 0. The number of aromatic nitrogens is 2. The number of hydrogen-bond donors (Lipinski definition) is 1. The first-order valence-corrected chi connectivity index (χ1v) is 8.37. The highest BCUT2D eigenvalue weighted by molar-refractivity contribution is 8.06. The molecule has 0 saturated carbocycles. The Morgan fingerprint density at radius 2 is 2.44 bits per heavy atom. The summed E-state index contributed by atoms with van der Waals surface area (Å²) in [6.07, 6.45) is 0.568. The summed E-state index contributed by atoms with van der Waals surface area (Å²) in [6.45, 7) is 3.08. The van der Waals surface area contributed by atoms with Crippen LogP contribution in [0, 0.1) is 0 Å². The van der Waals surface area contributed by atoms with Crippen LogP contribution in [-0.2, 0) is 11.2 Å². The lowest BCUT2D eigenvalue weighted by Gasteiger charge is -2.17. The number of nitrogens with two attached hydrogens (primary N) is 1. The molecule has 0 radical (unpaired) electrons. The molecule has 2 rings (SSSR count). The van der Waals surface area contributed by atoms with Crippen molar-refractivity contribution >= 4 is 23.5 Å². The number of nitrogens with zero attached hydrogens (tertiary/aromatic N) is 2. The maximum absolute atomic E-state index is 5.63. The molecule has 2 atom stereocenters. The second-order valence-corrected chi connectivity index (χ2v) is 6.46. The Morgan fingerprint density at radius 3 is 3.11 bits per heavy atom. The van der Waals surface area contributed by atoms with E-state index in [0.29, 0.717) is 30.7 Å². The molecule has 1 aromatic rings. The Hall–Kier alpha value is -0.240. The molecule has 2 unspecified atom stereocenters. The van der Waals surface area contributed by atoms with Crippen LogP contribution in [0.15, 0.2) is 4.52 Å². The van der Waals surface area contributed by atoms with Gasteiger partial charge in [-0.15, -0.1) is 11.8 Å². The minimum absolute atomic E-state index is 0.0308. The number of ether oxygens (including phenoxy) is 1. The molecule has 0 spiro atoms. The van der Waals surface area contributed by atoms with Gasteiger partial charge in [0.05, 0.1) is 17.8 Å². The van der Waals surface area contributed by atoms with Crippen LogP contribution in [0.3, 0.4) is 0 Å². The highest BCUT2D eigenvalue weighted by Crippen LogP contribution is 2.35. The van der Waals surface area contributed by atoms with E-state index < -0.39 is 0 Å². The lowest BCUT2D eigenvalue weighted by Crippen LogP contribution is -2.26. The fraction of sp³-hybridized carbons (Fsp3) is 0.818. The van der Waals surface area contributed by atoms with E-state index in [2.05, 4.69) is 10.1 Å². The molecule has 0 aromatic carbocycles. The predicted molar refractivity (Wildman–Crippen MR) is 75.0 cm³/mol. The Morgan fingerprint density at radius 1 is 1.56 bits per heavy atom. The molecular weight excluding hydrogens is 270 g/mol. The number of thioether (sulfide) groups is 2. The molecule has 0 aliphatic carbocycles. The first-order chi connectivity index (χ1) is 8.83. The van der Waals surface area contributed by atoms with E-state index in [9.17, 15) is 0 Å². The van der Waals surface area contributed by atoms with Gasteiger partial charge in [-0.2, -0.15) is 16.7 Å². The first kappa shape index (κ1) is 14.2. The Kier molecular flexibility index (Phi) is 5.81. The van der Waals surface area contributed by atoms with Crippen molar-refractivity contribution in [3.8, 4) is 0 Å². The van der Waals surface area contributed by atoms with Gasteiger partial charge in [-0.25, -0.2) is 0 Å². The van der Waals surface area contributed by atoms with Crippen LogP contribution in [-0.4, -0.2) is 46.7 Å². The SMILES string of the molecule is CCOC(CN)Cc1nc(C2CSCCS2)no1. The molecule has 1 aliphatic heterocycles. The maximum atomic E-state index is 5.63. The zero-order valence-electron chi connectivity index (χ0n) is 10.5. The molecular formula is C11H19N3O2S2. The van der Waals surface area contributed by atoms with E-state index in [1.54, 1.807) is 0 Å². The highest BCUT2D eigenvalue weighted by Gasteiger charge is 2.22. The van der Waals surface area contributed by atoms with E-state index in [1.807, 2.05) is 30.4 Å². The topological polar surface area (TPSA) is 74.2 Å². The fourth-order valence-corrected chi connectivity index (χ4v) is 4.35. The van der Waals surface area contributed by atoms with Crippen LogP contribution < -0.4 is 5.73 Å². The largest absolute Gasteiger partial charge is 0.377 e. The fourth-order valence-electron chi connectivity index (χ4n) is 1.76. The van der Waals surface area contributed by atoms with Crippen LogP contribution in [0.1, 0.15) is 23.9 Å². The molecule has 5 nitrogen and oxygen atoms in total. The van der Waals surface area contributed by atoms with Crippen LogP contribution in [0.25, 0.3) is 0 Å². The minimum Gasteiger partial charge on any atom is -0.377 e. The first-order valence-electron chi connectivity index (χ1n) is 6.17. The van der Waals surface area contributed by atoms with Crippen molar-refractivity contribution in [3.63, 3.8) is 0 Å². The van der Waals surface area contributed by atoms with E-state index in [4.69, 9.17) is 15.0 Å². The molecule has 0 amide bonds. The summed E-state index contributed by atoms with van der Waals surface area (Å²) < 4.78 is 10.8. The summed E-state index contributed by atoms with van der Waals surface area (Å²) in [5, 5.41) is 4.44. The molecule has 1 aliphatic rings. The van der Waals surface area contributed by atoms with Gasteiger partial charge in [-0.1, -0.05) is 5.16 Å². The van der Waals surface area contributed by atoms with Gasteiger partial charge < -0.3 is 15.0 Å². The van der Waals surface area contributed by atoms with Crippen LogP contribution in [0.4, 0.5) is 0 Å². The lowest BCUT2D eigenvalue weighted by molar-refractivity contribution is 0.0636. The summed E-state index contributed by atoms with van der Waals surface area (Å²) in [4.78, 5) is 4.46. The second-order valence-electron chi connectivity index (χ2n) is 4.00.